The van der Waals surface area contributed by atoms with E-state index in [0.29, 0.717) is 12.5 Å². The van der Waals surface area contributed by atoms with Gasteiger partial charge in [0, 0.05) is 18.8 Å². The number of rotatable bonds is 2. The Kier molecular flexibility index (Phi) is 11.0. The van der Waals surface area contributed by atoms with Crippen molar-refractivity contribution in [1.82, 2.24) is 10.2 Å². The van der Waals surface area contributed by atoms with Crippen LogP contribution in [0, 0.1) is 18.2 Å². The molecule has 1 saturated heterocycles. The van der Waals surface area contributed by atoms with Crippen LogP contribution in [0.2, 0.25) is 0 Å². The predicted molar refractivity (Wildman–Crippen MR) is 126 cm³/mol. The summed E-state index contributed by atoms with van der Waals surface area (Å²) in [6.45, 7) is 10.2. The van der Waals surface area contributed by atoms with Gasteiger partial charge in [0.1, 0.15) is 5.60 Å². The minimum Gasteiger partial charge on any atom is -0.534 e. The van der Waals surface area contributed by atoms with E-state index in [4.69, 9.17) is 9.84 Å². The van der Waals surface area contributed by atoms with Gasteiger partial charge in [0.2, 0.25) is 0 Å². The smallest absolute Gasteiger partial charge is 0.534 e. The maximum absolute atomic E-state index is 12.5. The molecule has 1 unspecified atom stereocenters. The Morgan fingerprint density at radius 2 is 2.12 bits per heavy atom. The van der Waals surface area contributed by atoms with E-state index in [9.17, 15) is 4.79 Å². The van der Waals surface area contributed by atoms with Crippen LogP contribution in [0.3, 0.4) is 0 Å². The van der Waals surface area contributed by atoms with Gasteiger partial charge in [-0.25, -0.2) is 4.79 Å². The van der Waals surface area contributed by atoms with E-state index in [2.05, 4.69) is 30.5 Å². The Labute approximate surface area is 221 Å². The molecule has 6 heteroatoms. The molecule has 0 aromatic heterocycles. The molecule has 1 aromatic carbocycles. The molecule has 33 heavy (non-hydrogen) atoms. The third-order valence-corrected chi connectivity index (χ3v) is 6.00. The first kappa shape index (κ1) is 28.0. The molecule has 1 atom stereocenters. The first-order valence-corrected chi connectivity index (χ1v) is 11.9. The normalized spacial score (nSPS) is 21.9. The Morgan fingerprint density at radius 1 is 1.36 bits per heavy atom. The molecule has 4 rings (SSSR count). The van der Waals surface area contributed by atoms with Crippen molar-refractivity contribution in [3.63, 3.8) is 0 Å². The molecule has 3 aliphatic rings. The van der Waals surface area contributed by atoms with Crippen LogP contribution in [0.4, 0.5) is 4.79 Å². The van der Waals surface area contributed by atoms with Gasteiger partial charge in [-0.3, -0.25) is 0 Å². The molecule has 2 aliphatic heterocycles. The summed E-state index contributed by atoms with van der Waals surface area (Å²) >= 11 is 0. The fourth-order valence-electron chi connectivity index (χ4n) is 4.25. The zero-order chi connectivity index (χ0) is 23.1. The predicted octanol–water partition coefficient (Wildman–Crippen LogP) is 2.32. The van der Waals surface area contributed by atoms with Crippen molar-refractivity contribution in [2.75, 3.05) is 19.6 Å². The molecule has 2 heterocycles. The number of carbonyl (C=O) groups is 1. The Morgan fingerprint density at radius 3 is 2.73 bits per heavy atom. The third-order valence-electron chi connectivity index (χ3n) is 6.00. The molecule has 1 aromatic rings. The maximum atomic E-state index is 12.5. The van der Waals surface area contributed by atoms with Crippen molar-refractivity contribution in [3.05, 3.63) is 53.1 Å². The van der Waals surface area contributed by atoms with Crippen molar-refractivity contribution in [1.29, 1.82) is 0 Å². The van der Waals surface area contributed by atoms with Gasteiger partial charge < -0.3 is 43.4 Å². The first-order valence-electron chi connectivity index (χ1n) is 11.9. The first-order chi connectivity index (χ1) is 15.3. The number of nitrogens with one attached hydrogen (secondary N) is 1. The number of allylic oxidation sites excluding steroid dienone is 1. The molecule has 0 spiro atoms. The van der Waals surface area contributed by atoms with Gasteiger partial charge >= 0.3 is 35.7 Å². The van der Waals surface area contributed by atoms with Crippen molar-refractivity contribution in [2.24, 2.45) is 0 Å². The summed E-state index contributed by atoms with van der Waals surface area (Å²) in [5.41, 5.74) is 3.15. The minimum atomic E-state index is -0.464. The average Bonchev–Trinajstić information content (AvgIpc) is 2.88. The number of hydrogen-bond donors (Lipinski definition) is 2. The summed E-state index contributed by atoms with van der Waals surface area (Å²) in [6, 6.07) is 8.41. The van der Waals surface area contributed by atoms with Crippen LogP contribution >= 0.6 is 0 Å². The number of hydrogen-bond acceptors (Lipinski definition) is 4. The van der Waals surface area contributed by atoms with E-state index in [1.165, 1.54) is 30.4 Å². The summed E-state index contributed by atoms with van der Waals surface area (Å²) in [6.07, 6.45) is 13.2. The zero-order valence-electron chi connectivity index (χ0n) is 21.0. The number of amides is 1. The van der Waals surface area contributed by atoms with Gasteiger partial charge in [-0.15, -0.1) is 31.4 Å². The summed E-state index contributed by atoms with van der Waals surface area (Å²) in [5, 5.41) is 12.5. The number of phenolic OH excluding ortho intramolecular Hbond substituents is 1. The number of ether oxygens (including phenoxy) is 1. The molecule has 176 valence electrons. The molecular formula is C27H37N2NaO3-2. The van der Waals surface area contributed by atoms with Crippen molar-refractivity contribution in [3.8, 4) is 5.75 Å². The number of benzene rings is 1. The van der Waals surface area contributed by atoms with E-state index in [-0.39, 0.29) is 47.4 Å². The molecule has 0 bridgehead atoms. The van der Waals surface area contributed by atoms with Crippen LogP contribution < -0.4 is 34.9 Å². The van der Waals surface area contributed by atoms with Crippen LogP contribution in [0.15, 0.2) is 29.3 Å². The second-order valence-corrected chi connectivity index (χ2v) is 9.63. The SMILES string of the molecule is CC[C-]=C1CCNCC2C1=[C-]CCN2C(=O)OC(C)(C)C.Oc1[c-]ccc(C2CCC2)c1.[Na+]. The second-order valence-electron chi connectivity index (χ2n) is 9.63. The topological polar surface area (TPSA) is 61.8 Å². The summed E-state index contributed by atoms with van der Waals surface area (Å²) in [5.74, 6) is 0.977. The van der Waals surface area contributed by atoms with Gasteiger partial charge in [0.05, 0.1) is 0 Å². The molecular weight excluding hydrogens is 423 g/mol. The quantitative estimate of drug-likeness (QED) is 0.525. The third kappa shape index (κ3) is 8.17. The van der Waals surface area contributed by atoms with Gasteiger partial charge in [0.15, 0.2) is 0 Å². The monoisotopic (exact) mass is 460 g/mol. The largest absolute Gasteiger partial charge is 1.00 e. The summed E-state index contributed by atoms with van der Waals surface area (Å²) in [4.78, 5) is 14.3. The molecule has 2 fully saturated rings. The average molecular weight is 461 g/mol. The van der Waals surface area contributed by atoms with Crippen molar-refractivity contribution < 1.29 is 44.2 Å². The second kappa shape index (κ2) is 13.0. The number of nitrogens with zero attached hydrogens (tertiary/aromatic N) is 1. The van der Waals surface area contributed by atoms with Crippen LogP contribution in [-0.4, -0.2) is 47.4 Å². The van der Waals surface area contributed by atoms with E-state index in [1.807, 2.05) is 37.8 Å². The number of phenols is 1. The fraction of sp³-hybridized carbons (Fsp3) is 0.593. The van der Waals surface area contributed by atoms with E-state index < -0.39 is 5.60 Å². The van der Waals surface area contributed by atoms with Crippen LogP contribution in [0.1, 0.15) is 77.7 Å². The van der Waals surface area contributed by atoms with Crippen LogP contribution in [0.25, 0.3) is 0 Å². The van der Waals surface area contributed by atoms with E-state index in [1.54, 1.807) is 6.07 Å². The zero-order valence-corrected chi connectivity index (χ0v) is 23.0. The van der Waals surface area contributed by atoms with E-state index >= 15 is 0 Å². The number of carbonyl (C=O) groups excluding carboxylic acids is 1. The minimum absolute atomic E-state index is 0. The molecule has 1 amide bonds. The van der Waals surface area contributed by atoms with Gasteiger partial charge in [-0.2, -0.15) is 17.7 Å². The molecule has 1 aliphatic carbocycles. The summed E-state index contributed by atoms with van der Waals surface area (Å²) < 4.78 is 5.55. The Bertz CT molecular complexity index is 840. The maximum Gasteiger partial charge on any atom is 1.00 e. The van der Waals surface area contributed by atoms with Crippen LogP contribution in [0.5, 0.6) is 5.75 Å². The molecule has 2 N–H and O–H groups in total. The van der Waals surface area contributed by atoms with Crippen LogP contribution in [-0.2, 0) is 4.74 Å². The van der Waals surface area contributed by atoms with Gasteiger partial charge in [-0.05, 0) is 52.1 Å². The van der Waals surface area contributed by atoms with E-state index in [0.717, 1.165) is 37.9 Å². The Hall–Kier alpha value is -1.27. The standard InChI is InChI=1S/C17H26N2O2.C10H11O.Na/c1-5-7-13-9-10-18-12-15-14(13)8-6-11-19(15)16(20)21-17(2,3)4;11-10-6-2-5-9(7-10)8-3-1-4-8;/h15,18H,5-6,9-12H2,1-4H3;2,5,7-8,11H,1,3-4H2;/q-2;-1;+1. The van der Waals surface area contributed by atoms with Gasteiger partial charge in [0.25, 0.3) is 0 Å². The molecule has 0 radical (unpaired) electrons. The number of fused-ring (bicyclic) bond motifs is 1. The van der Waals surface area contributed by atoms with Gasteiger partial charge in [-0.1, -0.05) is 13.3 Å². The Balaban J connectivity index is 0.000000270. The fourth-order valence-corrected chi connectivity index (χ4v) is 4.25. The summed E-state index contributed by atoms with van der Waals surface area (Å²) in [7, 11) is 0. The van der Waals surface area contributed by atoms with Crippen molar-refractivity contribution in [2.45, 2.75) is 83.8 Å². The van der Waals surface area contributed by atoms with Crippen molar-refractivity contribution >= 4 is 6.09 Å². The number of aromatic hydroxyl groups is 1. The molecule has 1 saturated carbocycles. The molecule has 5 nitrogen and oxygen atoms in total.